The lowest BCUT2D eigenvalue weighted by atomic mass is 9.84. The average Bonchev–Trinajstić information content (AvgIpc) is 3.06. The van der Waals surface area contributed by atoms with E-state index in [-0.39, 0.29) is 11.8 Å². The van der Waals surface area contributed by atoms with Crippen molar-refractivity contribution in [3.05, 3.63) is 18.2 Å². The van der Waals surface area contributed by atoms with E-state index in [4.69, 9.17) is 0 Å². The summed E-state index contributed by atoms with van der Waals surface area (Å²) in [5.41, 5.74) is 1.10. The third-order valence-electron chi connectivity index (χ3n) is 4.77. The zero-order valence-corrected chi connectivity index (χ0v) is 11.6. The molecule has 2 aliphatic carbocycles. The first kappa shape index (κ1) is 12.7. The van der Waals surface area contributed by atoms with E-state index in [2.05, 4.69) is 22.2 Å². The van der Waals surface area contributed by atoms with Crippen LogP contribution in [0.4, 0.5) is 0 Å². The van der Waals surface area contributed by atoms with Crippen molar-refractivity contribution < 1.29 is 4.79 Å². The molecule has 0 aromatic carbocycles. The normalized spacial score (nSPS) is 28.9. The number of carbonyl (C=O) groups is 1. The molecule has 104 valence electrons. The highest BCUT2D eigenvalue weighted by Gasteiger charge is 2.45. The number of hydrogen-bond acceptors (Lipinski definition) is 2. The Hall–Kier alpha value is -1.32. The minimum atomic E-state index is 0.159. The van der Waals surface area contributed by atoms with Gasteiger partial charge in [-0.1, -0.05) is 19.3 Å². The Labute approximate surface area is 114 Å². The number of nitrogens with zero attached hydrogens (tertiary/aromatic N) is 1. The lowest BCUT2D eigenvalue weighted by Crippen LogP contribution is -2.39. The van der Waals surface area contributed by atoms with Crippen LogP contribution < -0.4 is 5.32 Å². The maximum Gasteiger partial charge on any atom is 0.224 e. The summed E-state index contributed by atoms with van der Waals surface area (Å²) in [6, 6.07) is 0.329. The van der Waals surface area contributed by atoms with E-state index < -0.39 is 0 Å². The molecule has 1 heterocycles. The predicted molar refractivity (Wildman–Crippen MR) is 73.6 cm³/mol. The third kappa shape index (κ3) is 2.82. The number of H-pyrrole nitrogens is 1. The summed E-state index contributed by atoms with van der Waals surface area (Å²) in [6.45, 7) is 2.17. The molecule has 4 heteroatoms. The smallest absolute Gasteiger partial charge is 0.224 e. The van der Waals surface area contributed by atoms with Crippen molar-refractivity contribution in [3.63, 3.8) is 0 Å². The third-order valence-corrected chi connectivity index (χ3v) is 4.77. The van der Waals surface area contributed by atoms with Gasteiger partial charge in [0.25, 0.3) is 0 Å². The van der Waals surface area contributed by atoms with Gasteiger partial charge in [-0.25, -0.2) is 4.98 Å². The molecule has 2 saturated carbocycles. The molecule has 3 rings (SSSR count). The van der Waals surface area contributed by atoms with E-state index in [1.807, 2.05) is 6.20 Å². The highest BCUT2D eigenvalue weighted by molar-refractivity contribution is 5.83. The van der Waals surface area contributed by atoms with Gasteiger partial charge in [-0.2, -0.15) is 0 Å². The minimum absolute atomic E-state index is 0.159. The van der Waals surface area contributed by atoms with Crippen molar-refractivity contribution >= 4 is 5.91 Å². The van der Waals surface area contributed by atoms with Gasteiger partial charge < -0.3 is 10.3 Å². The summed E-state index contributed by atoms with van der Waals surface area (Å²) < 4.78 is 0. The summed E-state index contributed by atoms with van der Waals surface area (Å²) in [4.78, 5) is 19.4. The van der Waals surface area contributed by atoms with E-state index in [0.29, 0.717) is 17.9 Å². The van der Waals surface area contributed by atoms with Gasteiger partial charge in [0.2, 0.25) is 5.91 Å². The van der Waals surface area contributed by atoms with Crippen LogP contribution in [0.1, 0.15) is 57.1 Å². The van der Waals surface area contributed by atoms with Crippen molar-refractivity contribution in [2.24, 2.45) is 11.8 Å². The van der Waals surface area contributed by atoms with Gasteiger partial charge in [-0.3, -0.25) is 4.79 Å². The Kier molecular flexibility index (Phi) is 3.58. The fourth-order valence-corrected chi connectivity index (χ4v) is 3.38. The summed E-state index contributed by atoms with van der Waals surface area (Å²) in [6.07, 6.45) is 11.0. The highest BCUT2D eigenvalue weighted by Crippen LogP contribution is 2.46. The first-order valence-corrected chi connectivity index (χ1v) is 7.54. The molecule has 1 aromatic rings. The average molecular weight is 261 g/mol. The Morgan fingerprint density at radius 1 is 1.42 bits per heavy atom. The molecule has 19 heavy (non-hydrogen) atoms. The number of amides is 1. The molecule has 3 atom stereocenters. The fraction of sp³-hybridized carbons (Fsp3) is 0.733. The molecule has 1 amide bonds. The Bertz CT molecular complexity index is 423. The summed E-state index contributed by atoms with van der Waals surface area (Å²) in [5.74, 6) is 1.44. The van der Waals surface area contributed by atoms with Crippen LogP contribution in [0.2, 0.25) is 0 Å². The van der Waals surface area contributed by atoms with Gasteiger partial charge in [0.15, 0.2) is 0 Å². The van der Waals surface area contributed by atoms with E-state index >= 15 is 0 Å². The quantitative estimate of drug-likeness (QED) is 0.875. The van der Waals surface area contributed by atoms with E-state index in [1.165, 1.54) is 32.1 Å². The van der Waals surface area contributed by atoms with Crippen LogP contribution >= 0.6 is 0 Å². The maximum atomic E-state index is 12.2. The summed E-state index contributed by atoms with van der Waals surface area (Å²) >= 11 is 0. The second-order valence-electron chi connectivity index (χ2n) is 6.15. The van der Waals surface area contributed by atoms with Crippen LogP contribution in [0, 0.1) is 11.8 Å². The van der Waals surface area contributed by atoms with Gasteiger partial charge in [0.05, 0.1) is 6.33 Å². The monoisotopic (exact) mass is 261 g/mol. The van der Waals surface area contributed by atoms with Crippen LogP contribution in [0.15, 0.2) is 12.5 Å². The van der Waals surface area contributed by atoms with E-state index in [1.54, 1.807) is 6.33 Å². The van der Waals surface area contributed by atoms with Gasteiger partial charge >= 0.3 is 0 Å². The van der Waals surface area contributed by atoms with Crippen molar-refractivity contribution in [1.82, 2.24) is 15.3 Å². The molecular weight excluding hydrogens is 238 g/mol. The second-order valence-corrected chi connectivity index (χ2v) is 6.15. The topological polar surface area (TPSA) is 57.8 Å². The van der Waals surface area contributed by atoms with Crippen molar-refractivity contribution in [2.75, 3.05) is 0 Å². The van der Waals surface area contributed by atoms with Crippen molar-refractivity contribution in [2.45, 2.75) is 57.4 Å². The van der Waals surface area contributed by atoms with E-state index in [9.17, 15) is 4.79 Å². The van der Waals surface area contributed by atoms with Crippen molar-refractivity contribution in [3.8, 4) is 0 Å². The highest BCUT2D eigenvalue weighted by atomic mass is 16.2. The zero-order valence-electron chi connectivity index (χ0n) is 11.6. The maximum absolute atomic E-state index is 12.2. The first-order valence-electron chi connectivity index (χ1n) is 7.54. The lowest BCUT2D eigenvalue weighted by molar-refractivity contribution is -0.123. The molecule has 0 unspecified atom stereocenters. The number of rotatable bonds is 4. The summed E-state index contributed by atoms with van der Waals surface area (Å²) in [5, 5.41) is 3.23. The predicted octanol–water partition coefficient (Wildman–Crippen LogP) is 2.60. The summed E-state index contributed by atoms with van der Waals surface area (Å²) in [7, 11) is 0. The lowest BCUT2D eigenvalue weighted by Gasteiger charge is -2.28. The number of carbonyl (C=O) groups excluding carboxylic acids is 1. The van der Waals surface area contributed by atoms with E-state index in [0.717, 1.165) is 12.1 Å². The molecule has 2 aliphatic rings. The number of imidazole rings is 1. The van der Waals surface area contributed by atoms with Crippen LogP contribution in [0.3, 0.4) is 0 Å². The molecule has 2 fully saturated rings. The second kappa shape index (κ2) is 5.35. The zero-order chi connectivity index (χ0) is 13.2. The number of aromatic nitrogens is 2. The number of hydrogen-bond donors (Lipinski definition) is 2. The van der Waals surface area contributed by atoms with Gasteiger partial charge in [0.1, 0.15) is 0 Å². The Balaban J connectivity index is 1.49. The number of aromatic amines is 1. The van der Waals surface area contributed by atoms with Crippen LogP contribution in [0.25, 0.3) is 0 Å². The molecule has 4 nitrogen and oxygen atoms in total. The van der Waals surface area contributed by atoms with Crippen molar-refractivity contribution in [1.29, 1.82) is 0 Å². The number of nitrogens with one attached hydrogen (secondary N) is 2. The molecule has 0 radical (unpaired) electrons. The molecule has 0 saturated heterocycles. The molecule has 2 N–H and O–H groups in total. The minimum Gasteiger partial charge on any atom is -0.353 e. The Morgan fingerprint density at radius 3 is 2.89 bits per heavy atom. The van der Waals surface area contributed by atoms with Gasteiger partial charge in [-0.05, 0) is 32.1 Å². The molecule has 0 spiro atoms. The Morgan fingerprint density at radius 2 is 2.21 bits per heavy atom. The first-order chi connectivity index (χ1) is 9.25. The molecule has 0 aliphatic heterocycles. The van der Waals surface area contributed by atoms with Gasteiger partial charge in [-0.15, -0.1) is 0 Å². The van der Waals surface area contributed by atoms with Crippen LogP contribution in [-0.2, 0) is 4.79 Å². The van der Waals surface area contributed by atoms with Gasteiger partial charge in [0, 0.05) is 29.8 Å². The van der Waals surface area contributed by atoms with Crippen LogP contribution in [-0.4, -0.2) is 21.9 Å². The fourth-order valence-electron chi connectivity index (χ4n) is 3.38. The van der Waals surface area contributed by atoms with Crippen LogP contribution in [0.5, 0.6) is 0 Å². The molecular formula is C15H23N3O. The SMILES string of the molecule is C[C@@H](NC(=O)[C@H]1C[C@@H]1c1cnc[nH]1)C1CCCCC1. The molecule has 1 aromatic heterocycles. The molecule has 0 bridgehead atoms. The standard InChI is InChI=1S/C15H23N3O/c1-10(11-5-3-2-4-6-11)18-15(19)13-7-12(13)14-8-16-9-17-14/h8-13H,2-7H2,1H3,(H,16,17)(H,18,19)/t10-,12+,13+/m1/s1. The largest absolute Gasteiger partial charge is 0.353 e.